The van der Waals surface area contributed by atoms with Gasteiger partial charge in [0.05, 0.1) is 11.5 Å². The molecule has 0 saturated carbocycles. The first-order chi connectivity index (χ1) is 8.60. The Hall–Kier alpha value is -2.18. The molecular weight excluding hydrogens is 236 g/mol. The van der Waals surface area contributed by atoms with Crippen LogP contribution in [0.25, 0.3) is 0 Å². The molecule has 7 heteroatoms. The van der Waals surface area contributed by atoms with Gasteiger partial charge in [0.25, 0.3) is 5.88 Å². The molecule has 0 aromatic carbocycles. The standard InChI is InChI=1S/C11H16N4O3/c1-4-6-7-18-10-9(15(16)17)8(3)13-11(14-10)12-5-2/h4H,1,5-7H2,2-3H3,(H,12,13,14). The quantitative estimate of drug-likeness (QED) is 0.346. The Labute approximate surface area is 105 Å². The van der Waals surface area contributed by atoms with Gasteiger partial charge in [0.15, 0.2) is 0 Å². The van der Waals surface area contributed by atoms with Gasteiger partial charge in [-0.15, -0.1) is 6.58 Å². The molecule has 0 spiro atoms. The summed E-state index contributed by atoms with van der Waals surface area (Å²) in [5.41, 5.74) is 0.0836. The highest BCUT2D eigenvalue weighted by molar-refractivity contribution is 5.48. The normalized spacial score (nSPS) is 9.89. The Bertz CT molecular complexity index is 448. The molecule has 0 aliphatic rings. The Kier molecular flexibility index (Phi) is 5.04. The zero-order valence-electron chi connectivity index (χ0n) is 10.5. The van der Waals surface area contributed by atoms with Crippen LogP contribution in [0.2, 0.25) is 0 Å². The number of anilines is 1. The van der Waals surface area contributed by atoms with E-state index in [9.17, 15) is 10.1 Å². The maximum absolute atomic E-state index is 10.9. The van der Waals surface area contributed by atoms with Crippen LogP contribution in [0.3, 0.4) is 0 Å². The fraction of sp³-hybridized carbons (Fsp3) is 0.455. The van der Waals surface area contributed by atoms with Crippen LogP contribution in [-0.2, 0) is 0 Å². The average Bonchev–Trinajstić information content (AvgIpc) is 2.28. The van der Waals surface area contributed by atoms with Crippen molar-refractivity contribution < 1.29 is 9.66 Å². The van der Waals surface area contributed by atoms with Crippen LogP contribution in [0.5, 0.6) is 5.88 Å². The topological polar surface area (TPSA) is 90.2 Å². The molecule has 7 nitrogen and oxygen atoms in total. The van der Waals surface area contributed by atoms with Crippen molar-refractivity contribution in [3.8, 4) is 5.88 Å². The Balaban J connectivity index is 3.07. The maximum atomic E-state index is 10.9. The molecular formula is C11H16N4O3. The molecule has 18 heavy (non-hydrogen) atoms. The van der Waals surface area contributed by atoms with Crippen LogP contribution in [0.4, 0.5) is 11.6 Å². The second-order valence-electron chi connectivity index (χ2n) is 3.50. The molecule has 0 aliphatic carbocycles. The number of nitrogens with one attached hydrogen (secondary N) is 1. The van der Waals surface area contributed by atoms with Gasteiger partial charge in [0.2, 0.25) is 5.95 Å². The van der Waals surface area contributed by atoms with Gasteiger partial charge in [0, 0.05) is 6.54 Å². The van der Waals surface area contributed by atoms with Crippen molar-refractivity contribution in [1.82, 2.24) is 9.97 Å². The number of ether oxygens (including phenoxy) is 1. The van der Waals surface area contributed by atoms with Gasteiger partial charge in [-0.05, 0) is 20.3 Å². The highest BCUT2D eigenvalue weighted by Crippen LogP contribution is 2.28. The first-order valence-electron chi connectivity index (χ1n) is 5.60. The summed E-state index contributed by atoms with van der Waals surface area (Å²) >= 11 is 0. The van der Waals surface area contributed by atoms with Crippen molar-refractivity contribution in [2.75, 3.05) is 18.5 Å². The van der Waals surface area contributed by atoms with Crippen molar-refractivity contribution in [3.63, 3.8) is 0 Å². The highest BCUT2D eigenvalue weighted by Gasteiger charge is 2.23. The molecule has 0 bridgehead atoms. The first kappa shape index (κ1) is 13.9. The van der Waals surface area contributed by atoms with Gasteiger partial charge in [0.1, 0.15) is 5.69 Å². The zero-order chi connectivity index (χ0) is 13.5. The highest BCUT2D eigenvalue weighted by atomic mass is 16.6. The van der Waals surface area contributed by atoms with Gasteiger partial charge >= 0.3 is 5.69 Å². The lowest BCUT2D eigenvalue weighted by atomic mass is 10.3. The molecule has 98 valence electrons. The molecule has 1 aromatic rings. The summed E-state index contributed by atoms with van der Waals surface area (Å²) in [6.07, 6.45) is 2.27. The van der Waals surface area contributed by atoms with Crippen molar-refractivity contribution in [1.29, 1.82) is 0 Å². The number of aromatic nitrogens is 2. The molecule has 0 amide bonds. The first-order valence-corrected chi connectivity index (χ1v) is 5.60. The van der Waals surface area contributed by atoms with Crippen molar-refractivity contribution in [3.05, 3.63) is 28.5 Å². The Morgan fingerprint density at radius 3 is 2.83 bits per heavy atom. The Morgan fingerprint density at radius 1 is 1.56 bits per heavy atom. The third kappa shape index (κ3) is 3.41. The van der Waals surface area contributed by atoms with E-state index in [1.54, 1.807) is 13.0 Å². The monoisotopic (exact) mass is 252 g/mol. The lowest BCUT2D eigenvalue weighted by Gasteiger charge is -2.08. The van der Waals surface area contributed by atoms with E-state index in [-0.39, 0.29) is 17.3 Å². The van der Waals surface area contributed by atoms with Crippen LogP contribution >= 0.6 is 0 Å². The second kappa shape index (κ2) is 6.53. The smallest absolute Gasteiger partial charge is 0.352 e. The van der Waals surface area contributed by atoms with E-state index in [4.69, 9.17) is 4.74 Å². The predicted octanol–water partition coefficient (Wildman–Crippen LogP) is 2.08. The second-order valence-corrected chi connectivity index (χ2v) is 3.50. The molecule has 1 N–H and O–H groups in total. The number of aryl methyl sites for hydroxylation is 1. The van der Waals surface area contributed by atoms with Crippen LogP contribution < -0.4 is 10.1 Å². The SMILES string of the molecule is C=CCCOc1nc(NCC)nc(C)c1[N+](=O)[O-]. The molecule has 1 aromatic heterocycles. The van der Waals surface area contributed by atoms with Gasteiger partial charge in [-0.3, -0.25) is 10.1 Å². The summed E-state index contributed by atoms with van der Waals surface area (Å²) in [5.74, 6) is 0.319. The summed E-state index contributed by atoms with van der Waals surface area (Å²) in [6.45, 7) is 7.93. The van der Waals surface area contributed by atoms with E-state index < -0.39 is 4.92 Å². The lowest BCUT2D eigenvalue weighted by molar-refractivity contribution is -0.387. The Morgan fingerprint density at radius 2 is 2.28 bits per heavy atom. The molecule has 0 aliphatic heterocycles. The summed E-state index contributed by atoms with van der Waals surface area (Å²) in [6, 6.07) is 0. The van der Waals surface area contributed by atoms with E-state index in [2.05, 4.69) is 21.9 Å². The summed E-state index contributed by atoms with van der Waals surface area (Å²) in [5, 5.41) is 13.8. The van der Waals surface area contributed by atoms with Crippen LogP contribution in [0.1, 0.15) is 19.0 Å². The molecule has 0 radical (unpaired) electrons. The van der Waals surface area contributed by atoms with E-state index in [0.29, 0.717) is 25.5 Å². The van der Waals surface area contributed by atoms with E-state index in [1.165, 1.54) is 0 Å². The van der Waals surface area contributed by atoms with E-state index in [0.717, 1.165) is 0 Å². The van der Waals surface area contributed by atoms with Crippen LogP contribution in [0, 0.1) is 17.0 Å². The third-order valence-corrected chi connectivity index (χ3v) is 2.10. The number of rotatable bonds is 7. The largest absolute Gasteiger partial charge is 0.472 e. The van der Waals surface area contributed by atoms with E-state index in [1.807, 2.05) is 6.92 Å². The average molecular weight is 252 g/mol. The number of nitro groups is 1. The molecule has 1 heterocycles. The lowest BCUT2D eigenvalue weighted by Crippen LogP contribution is -2.09. The van der Waals surface area contributed by atoms with Gasteiger partial charge in [-0.2, -0.15) is 4.98 Å². The predicted molar refractivity (Wildman–Crippen MR) is 67.9 cm³/mol. The van der Waals surface area contributed by atoms with Crippen molar-refractivity contribution >= 4 is 11.6 Å². The molecule has 0 atom stereocenters. The van der Waals surface area contributed by atoms with Gasteiger partial charge < -0.3 is 10.1 Å². The number of hydrogen-bond acceptors (Lipinski definition) is 6. The van der Waals surface area contributed by atoms with Crippen LogP contribution in [0.15, 0.2) is 12.7 Å². The summed E-state index contributed by atoms with van der Waals surface area (Å²) < 4.78 is 5.30. The molecule has 1 rings (SSSR count). The van der Waals surface area contributed by atoms with Crippen molar-refractivity contribution in [2.45, 2.75) is 20.3 Å². The minimum Gasteiger partial charge on any atom is -0.472 e. The number of nitrogens with zero attached hydrogens (tertiary/aromatic N) is 3. The minimum absolute atomic E-state index is 0.00898. The fourth-order valence-electron chi connectivity index (χ4n) is 1.33. The zero-order valence-corrected chi connectivity index (χ0v) is 10.5. The summed E-state index contributed by atoms with van der Waals surface area (Å²) in [7, 11) is 0. The molecule has 0 unspecified atom stereocenters. The third-order valence-electron chi connectivity index (χ3n) is 2.10. The molecule has 0 saturated heterocycles. The van der Waals surface area contributed by atoms with Gasteiger partial charge in [-0.25, -0.2) is 4.98 Å². The van der Waals surface area contributed by atoms with E-state index >= 15 is 0 Å². The van der Waals surface area contributed by atoms with Crippen LogP contribution in [-0.4, -0.2) is 28.0 Å². The fourth-order valence-corrected chi connectivity index (χ4v) is 1.33. The summed E-state index contributed by atoms with van der Waals surface area (Å²) in [4.78, 5) is 18.4. The molecule has 0 fully saturated rings. The number of hydrogen-bond donors (Lipinski definition) is 1. The minimum atomic E-state index is -0.533. The van der Waals surface area contributed by atoms with Gasteiger partial charge in [-0.1, -0.05) is 6.08 Å². The van der Waals surface area contributed by atoms with Crippen molar-refractivity contribution in [2.24, 2.45) is 0 Å². The maximum Gasteiger partial charge on any atom is 0.352 e.